The van der Waals surface area contributed by atoms with Crippen LogP contribution < -0.4 is 4.74 Å². The van der Waals surface area contributed by atoms with E-state index in [1.807, 2.05) is 41.0 Å². The van der Waals surface area contributed by atoms with Crippen LogP contribution in [-0.2, 0) is 27.4 Å². The average Bonchev–Trinajstić information content (AvgIpc) is 3.13. The van der Waals surface area contributed by atoms with Gasteiger partial charge in [-0.1, -0.05) is 41.9 Å². The summed E-state index contributed by atoms with van der Waals surface area (Å²) >= 11 is 6.56. The maximum absolute atomic E-state index is 12.5. The monoisotopic (exact) mass is 443 g/mol. The second kappa shape index (κ2) is 10.9. The molecule has 0 aliphatic carbocycles. The predicted octanol–water partition coefficient (Wildman–Crippen LogP) is 5.39. The van der Waals surface area contributed by atoms with Gasteiger partial charge in [0.15, 0.2) is 0 Å². The van der Waals surface area contributed by atoms with E-state index in [0.29, 0.717) is 54.3 Å². The lowest BCUT2D eigenvalue weighted by atomic mass is 10.1. The van der Waals surface area contributed by atoms with Crippen LogP contribution in [0.5, 0.6) is 5.75 Å². The molecule has 0 unspecified atom stereocenters. The number of rotatable bonds is 10. The van der Waals surface area contributed by atoms with Gasteiger partial charge in [-0.05, 0) is 31.9 Å². The van der Waals surface area contributed by atoms with Crippen LogP contribution >= 0.6 is 11.6 Å². The molecular weight excluding hydrogens is 418 g/mol. The molecule has 0 spiro atoms. The van der Waals surface area contributed by atoms with Crippen LogP contribution in [-0.4, -0.2) is 29.7 Å². The number of aryl methyl sites for hydroxylation is 1. The van der Waals surface area contributed by atoms with Crippen molar-refractivity contribution in [2.45, 2.75) is 39.8 Å². The summed E-state index contributed by atoms with van der Waals surface area (Å²) in [5.41, 5.74) is 2.19. The molecule has 6 nitrogen and oxygen atoms in total. The molecule has 31 heavy (non-hydrogen) atoms. The number of carbonyl (C=O) groups is 2. The summed E-state index contributed by atoms with van der Waals surface area (Å²) in [6.07, 6.45) is 2.58. The smallest absolute Gasteiger partial charge is 0.340 e. The summed E-state index contributed by atoms with van der Waals surface area (Å²) < 4.78 is 18.0. The van der Waals surface area contributed by atoms with E-state index in [9.17, 15) is 9.59 Å². The predicted molar refractivity (Wildman–Crippen MR) is 120 cm³/mol. The van der Waals surface area contributed by atoms with Crippen molar-refractivity contribution in [3.05, 3.63) is 64.8 Å². The van der Waals surface area contributed by atoms with Gasteiger partial charge in [-0.25, -0.2) is 4.79 Å². The van der Waals surface area contributed by atoms with Gasteiger partial charge in [-0.2, -0.15) is 0 Å². The number of ether oxygens (including phenoxy) is 3. The number of nitrogens with zero attached hydrogens (tertiary/aromatic N) is 1. The van der Waals surface area contributed by atoms with Gasteiger partial charge in [-0.3, -0.25) is 4.79 Å². The molecule has 7 heteroatoms. The molecule has 0 aliphatic heterocycles. The third-order valence-corrected chi connectivity index (χ3v) is 5.03. The number of hydrogen-bond donors (Lipinski definition) is 0. The zero-order valence-electron chi connectivity index (χ0n) is 17.7. The third kappa shape index (κ3) is 5.79. The first-order chi connectivity index (χ1) is 15.0. The highest BCUT2D eigenvalue weighted by Crippen LogP contribution is 2.34. The number of hydrogen-bond acceptors (Lipinski definition) is 5. The van der Waals surface area contributed by atoms with Gasteiger partial charge in [0, 0.05) is 30.6 Å². The van der Waals surface area contributed by atoms with Crippen molar-refractivity contribution >= 4 is 34.4 Å². The zero-order valence-corrected chi connectivity index (χ0v) is 18.5. The fourth-order valence-corrected chi connectivity index (χ4v) is 3.66. The second-order valence-corrected chi connectivity index (χ2v) is 7.35. The van der Waals surface area contributed by atoms with Gasteiger partial charge in [0.2, 0.25) is 0 Å². The quantitative estimate of drug-likeness (QED) is 0.393. The van der Waals surface area contributed by atoms with E-state index in [1.165, 1.54) is 0 Å². The van der Waals surface area contributed by atoms with Crippen molar-refractivity contribution < 1.29 is 23.8 Å². The highest BCUT2D eigenvalue weighted by atomic mass is 35.5. The molecule has 3 aromatic rings. The Morgan fingerprint density at radius 2 is 1.77 bits per heavy atom. The number of benzene rings is 2. The maximum Gasteiger partial charge on any atom is 0.340 e. The van der Waals surface area contributed by atoms with E-state index in [4.69, 9.17) is 25.8 Å². The largest absolute Gasteiger partial charge is 0.489 e. The van der Waals surface area contributed by atoms with Crippen LogP contribution in [0.4, 0.5) is 0 Å². The van der Waals surface area contributed by atoms with E-state index in [1.54, 1.807) is 26.1 Å². The Morgan fingerprint density at radius 1 is 1.03 bits per heavy atom. The molecule has 0 fully saturated rings. The molecule has 0 aliphatic rings. The Labute approximate surface area is 186 Å². The Kier molecular flexibility index (Phi) is 7.95. The van der Waals surface area contributed by atoms with E-state index in [0.717, 1.165) is 11.1 Å². The lowest BCUT2D eigenvalue weighted by Crippen LogP contribution is -2.06. The first-order valence-electron chi connectivity index (χ1n) is 10.3. The molecule has 0 amide bonds. The Balaban J connectivity index is 1.89. The van der Waals surface area contributed by atoms with Crippen molar-refractivity contribution in [3.8, 4) is 5.75 Å². The van der Waals surface area contributed by atoms with Gasteiger partial charge in [0.25, 0.3) is 0 Å². The van der Waals surface area contributed by atoms with Crippen LogP contribution in [0, 0.1) is 0 Å². The van der Waals surface area contributed by atoms with Crippen molar-refractivity contribution in [3.63, 3.8) is 0 Å². The van der Waals surface area contributed by atoms with E-state index < -0.39 is 5.97 Å². The highest BCUT2D eigenvalue weighted by molar-refractivity contribution is 6.37. The fourth-order valence-electron chi connectivity index (χ4n) is 3.35. The van der Waals surface area contributed by atoms with Crippen LogP contribution in [0.2, 0.25) is 5.02 Å². The molecule has 0 radical (unpaired) electrons. The first-order valence-corrected chi connectivity index (χ1v) is 10.7. The minimum absolute atomic E-state index is 0.241. The normalized spacial score (nSPS) is 10.8. The number of aromatic nitrogens is 1. The third-order valence-electron chi connectivity index (χ3n) is 4.74. The topological polar surface area (TPSA) is 66.8 Å². The minimum atomic E-state index is -0.434. The van der Waals surface area contributed by atoms with Crippen molar-refractivity contribution in [2.75, 3.05) is 13.2 Å². The average molecular weight is 444 g/mol. The second-order valence-electron chi connectivity index (χ2n) is 6.94. The van der Waals surface area contributed by atoms with E-state index >= 15 is 0 Å². The van der Waals surface area contributed by atoms with Gasteiger partial charge in [0.05, 0.1) is 29.3 Å². The molecule has 0 bridgehead atoms. The van der Waals surface area contributed by atoms with Crippen molar-refractivity contribution in [2.24, 2.45) is 0 Å². The molecule has 1 aromatic heterocycles. The number of fused-ring (bicyclic) bond motifs is 1. The molecule has 0 saturated heterocycles. The van der Waals surface area contributed by atoms with Gasteiger partial charge in [-0.15, -0.1) is 0 Å². The Hall–Kier alpha value is -2.99. The summed E-state index contributed by atoms with van der Waals surface area (Å²) in [7, 11) is 0. The van der Waals surface area contributed by atoms with Gasteiger partial charge >= 0.3 is 11.9 Å². The molecule has 164 valence electrons. The number of esters is 2. The lowest BCUT2D eigenvalue weighted by Gasteiger charge is -2.10. The van der Waals surface area contributed by atoms with Gasteiger partial charge < -0.3 is 18.8 Å². The lowest BCUT2D eigenvalue weighted by molar-refractivity contribution is -0.143. The van der Waals surface area contributed by atoms with E-state index in [2.05, 4.69) is 0 Å². The van der Waals surface area contributed by atoms with Crippen LogP contribution in [0.3, 0.4) is 0 Å². The molecular formula is C24H26ClNO5. The minimum Gasteiger partial charge on any atom is -0.489 e. The van der Waals surface area contributed by atoms with Crippen molar-refractivity contribution in [1.29, 1.82) is 0 Å². The maximum atomic E-state index is 12.5. The highest BCUT2D eigenvalue weighted by Gasteiger charge is 2.20. The summed E-state index contributed by atoms with van der Waals surface area (Å²) in [5.74, 6) is -0.0764. The SMILES string of the molecule is CCOC(=O)CCCn1cc(C(=O)OCC)c2c(Cl)cc(OCc3ccccc3)cc21. The molecule has 0 saturated carbocycles. The summed E-state index contributed by atoms with van der Waals surface area (Å²) in [5, 5.41) is 1.02. The Morgan fingerprint density at radius 3 is 2.48 bits per heavy atom. The molecule has 2 aromatic carbocycles. The van der Waals surface area contributed by atoms with Gasteiger partial charge in [0.1, 0.15) is 12.4 Å². The zero-order chi connectivity index (χ0) is 22.2. The number of carbonyl (C=O) groups excluding carboxylic acids is 2. The molecule has 0 atom stereocenters. The number of halogens is 1. The van der Waals surface area contributed by atoms with Crippen LogP contribution in [0.1, 0.15) is 42.6 Å². The Bertz CT molecular complexity index is 1050. The molecule has 0 N–H and O–H groups in total. The first kappa shape index (κ1) is 22.7. The summed E-state index contributed by atoms with van der Waals surface area (Å²) in [6.45, 7) is 5.08. The molecule has 1 heterocycles. The fraction of sp³-hybridized carbons (Fsp3) is 0.333. The van der Waals surface area contributed by atoms with Crippen LogP contribution in [0.25, 0.3) is 10.9 Å². The van der Waals surface area contributed by atoms with Crippen LogP contribution in [0.15, 0.2) is 48.7 Å². The van der Waals surface area contributed by atoms with E-state index in [-0.39, 0.29) is 12.6 Å². The molecule has 3 rings (SSSR count). The summed E-state index contributed by atoms with van der Waals surface area (Å²) in [6, 6.07) is 13.4. The van der Waals surface area contributed by atoms with Crippen molar-refractivity contribution in [1.82, 2.24) is 4.57 Å². The standard InChI is InChI=1S/C24H26ClNO5/c1-3-29-22(27)11-8-12-26-15-19(24(28)30-4-2)23-20(25)13-18(14-21(23)26)31-16-17-9-6-5-7-10-17/h5-7,9-10,13-15H,3-4,8,11-12,16H2,1-2H3. The summed E-state index contributed by atoms with van der Waals surface area (Å²) in [4.78, 5) is 24.2.